The maximum absolute atomic E-state index is 15.6. The van der Waals surface area contributed by atoms with Crippen molar-refractivity contribution in [1.29, 1.82) is 0 Å². The molecular formula is C74H128N12O14. The van der Waals surface area contributed by atoms with E-state index in [1.807, 2.05) is 41.5 Å². The van der Waals surface area contributed by atoms with Gasteiger partial charge in [-0.3, -0.25) is 57.5 Å². The predicted octanol–water partition coefficient (Wildman–Crippen LogP) is 4.86. The number of piperidine rings is 1. The van der Waals surface area contributed by atoms with Crippen molar-refractivity contribution >= 4 is 70.9 Å². The monoisotopic (exact) mass is 1410 g/mol. The van der Waals surface area contributed by atoms with Gasteiger partial charge in [0, 0.05) is 69.0 Å². The van der Waals surface area contributed by atoms with Crippen LogP contribution in [0.4, 0.5) is 0 Å². The lowest BCUT2D eigenvalue weighted by Crippen LogP contribution is -2.62. The summed E-state index contributed by atoms with van der Waals surface area (Å²) in [6.45, 7) is 15.7. The Balaban J connectivity index is 1.65. The summed E-state index contributed by atoms with van der Waals surface area (Å²) in [6, 6.07) is -12.9. The highest BCUT2D eigenvalue weighted by molar-refractivity contribution is 6.00. The average molecular weight is 1410 g/mol. The second kappa shape index (κ2) is 40.4. The molecular weight excluding hydrogens is 1280 g/mol. The molecule has 3 saturated carbocycles. The van der Waals surface area contributed by atoms with Crippen LogP contribution in [0.1, 0.15) is 216 Å². The summed E-state index contributed by atoms with van der Waals surface area (Å²) in [4.78, 5) is 189. The number of amides is 12. The van der Waals surface area contributed by atoms with Crippen LogP contribution in [0.3, 0.4) is 0 Å². The first kappa shape index (κ1) is 84.2. The smallest absolute Gasteiger partial charge is 0.248 e. The molecule has 3 aliphatic carbocycles. The minimum absolute atomic E-state index is 0.0169. The van der Waals surface area contributed by atoms with E-state index in [1.165, 1.54) is 82.7 Å². The molecule has 2 heterocycles. The first-order chi connectivity index (χ1) is 47.1. The Kier molecular flexibility index (Phi) is 34.0. The van der Waals surface area contributed by atoms with E-state index in [2.05, 4.69) is 21.3 Å². The third kappa shape index (κ3) is 24.4. The predicted molar refractivity (Wildman–Crippen MR) is 381 cm³/mol. The third-order valence-corrected chi connectivity index (χ3v) is 21.9. The fourth-order valence-corrected chi connectivity index (χ4v) is 15.0. The first-order valence-corrected chi connectivity index (χ1v) is 37.7. The van der Waals surface area contributed by atoms with Crippen LogP contribution in [0, 0.1) is 35.5 Å². The summed E-state index contributed by atoms with van der Waals surface area (Å²) in [5.41, 5.74) is 0. The molecule has 0 unspecified atom stereocenters. The summed E-state index contributed by atoms with van der Waals surface area (Å²) >= 11 is 0. The van der Waals surface area contributed by atoms with Crippen LogP contribution >= 0.6 is 0 Å². The van der Waals surface area contributed by atoms with Crippen molar-refractivity contribution in [3.63, 3.8) is 0 Å². The van der Waals surface area contributed by atoms with Gasteiger partial charge in [-0.15, -0.1) is 0 Å². The number of aliphatic hydroxyl groups is 1. The molecule has 0 aromatic heterocycles. The molecule has 5 rings (SSSR count). The number of nitrogens with zero attached hydrogens (tertiary/aromatic N) is 8. The maximum Gasteiger partial charge on any atom is 0.248 e. The molecule has 2 saturated heterocycles. The molecule has 0 aromatic rings. The summed E-state index contributed by atoms with van der Waals surface area (Å²) < 4.78 is 6.42. The molecule has 26 nitrogen and oxygen atoms in total. The Morgan fingerprint density at radius 1 is 0.430 bits per heavy atom. The summed E-state index contributed by atoms with van der Waals surface area (Å²) in [5.74, 6) is -8.30. The van der Waals surface area contributed by atoms with Crippen LogP contribution < -0.4 is 21.3 Å². The van der Waals surface area contributed by atoms with Crippen molar-refractivity contribution < 1.29 is 67.4 Å². The Morgan fingerprint density at radius 3 is 1.39 bits per heavy atom. The van der Waals surface area contributed by atoms with Gasteiger partial charge >= 0.3 is 0 Å². The highest BCUT2D eigenvalue weighted by Crippen LogP contribution is 2.32. The van der Waals surface area contributed by atoms with Gasteiger partial charge in [0.05, 0.1) is 25.7 Å². The summed E-state index contributed by atoms with van der Waals surface area (Å²) in [5, 5.41) is 22.5. The number of rotatable bonds is 16. The number of likely N-dealkylation sites (N-methyl/N-ethyl adjacent to an activating group) is 7. The van der Waals surface area contributed by atoms with Gasteiger partial charge in [0.1, 0.15) is 60.4 Å². The highest BCUT2D eigenvalue weighted by atomic mass is 16.5. The summed E-state index contributed by atoms with van der Waals surface area (Å²) in [6.07, 6.45) is 15.0. The zero-order valence-electron chi connectivity index (χ0n) is 63.7. The van der Waals surface area contributed by atoms with E-state index in [0.29, 0.717) is 32.5 Å². The lowest BCUT2D eigenvalue weighted by molar-refractivity contribution is -0.152. The fraction of sp³-hybridized carbons (Fsp3) is 0.838. The number of carbonyl (C=O) groups excluding carboxylic acids is 12. The van der Waals surface area contributed by atoms with Crippen LogP contribution in [-0.4, -0.2) is 264 Å². The fourth-order valence-electron chi connectivity index (χ4n) is 15.0. The van der Waals surface area contributed by atoms with E-state index in [1.54, 1.807) is 11.9 Å². The summed E-state index contributed by atoms with van der Waals surface area (Å²) in [7, 11) is 10.1. The van der Waals surface area contributed by atoms with Crippen molar-refractivity contribution in [2.45, 2.75) is 283 Å². The Hall–Kier alpha value is -6.44. The van der Waals surface area contributed by atoms with Gasteiger partial charge in [0.25, 0.3) is 0 Å². The largest absolute Gasteiger partial charge is 0.391 e. The number of nitrogens with one attached hydrogen (secondary N) is 4. The van der Waals surface area contributed by atoms with Crippen LogP contribution in [0.2, 0.25) is 0 Å². The minimum Gasteiger partial charge on any atom is -0.391 e. The zero-order valence-corrected chi connectivity index (χ0v) is 63.7. The van der Waals surface area contributed by atoms with Crippen LogP contribution in [-0.2, 0) is 62.3 Å². The Labute approximate surface area is 596 Å². The zero-order chi connectivity index (χ0) is 74.4. The van der Waals surface area contributed by atoms with Gasteiger partial charge in [0.2, 0.25) is 70.9 Å². The van der Waals surface area contributed by atoms with Crippen LogP contribution in [0.15, 0.2) is 0 Å². The number of ether oxygens (including phenoxy) is 1. The Morgan fingerprint density at radius 2 is 0.860 bits per heavy atom. The lowest BCUT2D eigenvalue weighted by atomic mass is 9.84. The average Bonchev–Trinajstić information content (AvgIpc) is 0.819. The van der Waals surface area contributed by atoms with E-state index >= 15 is 24.0 Å². The number of likely N-dealkylation sites (tertiary alicyclic amines) is 1. The van der Waals surface area contributed by atoms with Crippen molar-refractivity contribution in [3.05, 3.63) is 0 Å². The van der Waals surface area contributed by atoms with Gasteiger partial charge in [-0.05, 0) is 120 Å². The SMILES string of the molecule is CC(C)C[C@@H]1NC(=O)[C@H](C)N(C)C(=O)C[C@@H](C(=O)N2CCCCC2)NC(=O)[C@H](CC(C)C)N(C)C(=O)CN(C)C(=O)[C@H]([C@@H](C)O)NC(=O)[C@H](C)N(C)C(=O)[C@H](CC2CCCCC2)N(C)C(=O)[C@H](COCC2CCCCC2)NC(=O)[C@H](CC2CCCCC2)N(C)C(=O)[C@H](CC(C)C)N(C)C1=O. The first-order valence-electron chi connectivity index (χ1n) is 37.7. The number of hydrogen-bond donors (Lipinski definition) is 5. The van der Waals surface area contributed by atoms with Crippen molar-refractivity contribution in [3.8, 4) is 0 Å². The lowest BCUT2D eigenvalue weighted by Gasteiger charge is -2.39. The molecule has 0 bridgehead atoms. The van der Waals surface area contributed by atoms with Gasteiger partial charge in [-0.1, -0.05) is 125 Å². The Bertz CT molecular complexity index is 2740. The molecule has 12 amide bonds. The molecule has 0 aromatic carbocycles. The van der Waals surface area contributed by atoms with Crippen LogP contribution in [0.25, 0.3) is 0 Å². The number of hydrogen-bond acceptors (Lipinski definition) is 14. The topological polar surface area (TPSA) is 308 Å². The quantitative estimate of drug-likeness (QED) is 0.138. The second-order valence-corrected chi connectivity index (χ2v) is 31.3. The normalized spacial score (nSPS) is 28.4. The molecule has 568 valence electrons. The van der Waals surface area contributed by atoms with Crippen LogP contribution in [0.5, 0.6) is 0 Å². The van der Waals surface area contributed by atoms with Crippen molar-refractivity contribution in [2.24, 2.45) is 35.5 Å². The van der Waals surface area contributed by atoms with Crippen molar-refractivity contribution in [1.82, 2.24) is 60.5 Å². The van der Waals surface area contributed by atoms with E-state index in [9.17, 15) is 38.7 Å². The molecule has 26 heteroatoms. The van der Waals surface area contributed by atoms with Gasteiger partial charge in [-0.2, -0.15) is 0 Å². The number of carbonyl (C=O) groups is 12. The van der Waals surface area contributed by atoms with Crippen molar-refractivity contribution in [2.75, 3.05) is 82.2 Å². The van der Waals surface area contributed by atoms with Gasteiger partial charge in [0.15, 0.2) is 0 Å². The maximum atomic E-state index is 15.6. The second-order valence-electron chi connectivity index (χ2n) is 31.3. The molecule has 11 atom stereocenters. The van der Waals surface area contributed by atoms with E-state index < -0.39 is 150 Å². The third-order valence-electron chi connectivity index (χ3n) is 21.9. The van der Waals surface area contributed by atoms with E-state index in [0.717, 1.165) is 117 Å². The van der Waals surface area contributed by atoms with E-state index in [-0.39, 0.29) is 74.2 Å². The molecule has 100 heavy (non-hydrogen) atoms. The molecule has 5 N–H and O–H groups in total. The molecule has 0 radical (unpaired) electrons. The molecule has 5 aliphatic rings. The molecule has 0 spiro atoms. The highest BCUT2D eigenvalue weighted by Gasteiger charge is 2.44. The molecule has 2 aliphatic heterocycles. The standard InChI is InChI=1S/C74H128N12O14/c1-46(2)37-55-69(94)84(15)60(39-48(5)6)73(98)83(14)59(40-52-29-21-17-22-30-52)68(93)77-57(45-100-44-54-33-25-19-26-34-54)70(95)85(16)61(41-53-31-23-18-24-32-53)72(97)81(12)50(8)66(91)78-64(51(9)87)74(99)79(10)43-63(89)82(13)58(38-47(3)4)67(92)76-56(71(96)86-35-27-20-28-36-86)42-62(88)80(11)49(7)65(90)75-55/h46-61,64,87H,17-45H2,1-16H3,(H,75,90)(H,76,92)(H,77,93)(H,78,91)/t49-,50-,51+,55-,56-,57-,58-,59-,60-,61-,64-/m0/s1. The molecule has 5 fully saturated rings. The van der Waals surface area contributed by atoms with E-state index in [4.69, 9.17) is 4.74 Å². The number of aliphatic hydroxyl groups excluding tert-OH is 1. The van der Waals surface area contributed by atoms with Gasteiger partial charge in [-0.25, -0.2) is 0 Å². The minimum atomic E-state index is -1.63. The van der Waals surface area contributed by atoms with Gasteiger partial charge < -0.3 is 70.3 Å².